The number of carbonyl (C=O) groups is 1. The lowest BCUT2D eigenvalue weighted by Gasteiger charge is -2.15. The van der Waals surface area contributed by atoms with Crippen LogP contribution >= 0.6 is 0 Å². The minimum absolute atomic E-state index is 0.107. The second-order valence-corrected chi connectivity index (χ2v) is 12.6. The summed E-state index contributed by atoms with van der Waals surface area (Å²) in [6.07, 6.45) is 1.68. The van der Waals surface area contributed by atoms with E-state index in [-0.39, 0.29) is 27.3 Å². The molecule has 2 heterocycles. The summed E-state index contributed by atoms with van der Waals surface area (Å²) < 4.78 is 56.6. The Labute approximate surface area is 198 Å². The molecule has 12 heteroatoms. The van der Waals surface area contributed by atoms with Crippen molar-refractivity contribution in [1.29, 1.82) is 0 Å². The monoisotopic (exact) mass is 504 g/mol. The molecule has 1 N–H and O–H groups in total. The van der Waals surface area contributed by atoms with E-state index in [0.29, 0.717) is 18.7 Å². The Balaban J connectivity index is 1.44. The predicted molar refractivity (Wildman–Crippen MR) is 124 cm³/mol. The van der Waals surface area contributed by atoms with E-state index in [1.54, 1.807) is 26.0 Å². The summed E-state index contributed by atoms with van der Waals surface area (Å²) in [4.78, 5) is 12.9. The maximum Gasteiger partial charge on any atom is 0.322 e. The van der Waals surface area contributed by atoms with Crippen LogP contribution in [0.4, 0.5) is 6.01 Å². The highest BCUT2D eigenvalue weighted by atomic mass is 32.2. The molecule has 1 aromatic heterocycles. The van der Waals surface area contributed by atoms with Crippen molar-refractivity contribution in [1.82, 2.24) is 14.5 Å². The van der Waals surface area contributed by atoms with E-state index in [0.717, 1.165) is 12.8 Å². The van der Waals surface area contributed by atoms with E-state index in [9.17, 15) is 21.6 Å². The first-order valence-electron chi connectivity index (χ1n) is 10.7. The van der Waals surface area contributed by atoms with Crippen LogP contribution in [0.1, 0.15) is 37.0 Å². The molecule has 4 rings (SSSR count). The predicted octanol–water partition coefficient (Wildman–Crippen LogP) is 2.96. The molecule has 3 aromatic rings. The van der Waals surface area contributed by atoms with Gasteiger partial charge in [0.2, 0.25) is 15.9 Å². The largest absolute Gasteiger partial charge is 0.403 e. The summed E-state index contributed by atoms with van der Waals surface area (Å²) in [5.41, 5.74) is 0.718. The number of benzene rings is 2. The first-order valence-corrected chi connectivity index (χ1v) is 13.7. The van der Waals surface area contributed by atoms with Crippen LogP contribution in [-0.2, 0) is 19.9 Å². The Hall–Kier alpha value is -3.09. The standard InChI is InChI=1S/C22H24N4O6S2/c1-15(2)33(28,29)18-9-7-17(8-10-18)21-24-25-22(32-21)23-20(27)16-5-11-19(12-6-16)34(30,31)26-13-3-4-14-26/h5-12,15H,3-4,13-14H2,1-2H3,(H,23,25,27). The first kappa shape index (κ1) is 24.0. The number of aromatic nitrogens is 2. The van der Waals surface area contributed by atoms with Crippen molar-refractivity contribution >= 4 is 31.8 Å². The van der Waals surface area contributed by atoms with Gasteiger partial charge in [0, 0.05) is 24.2 Å². The number of nitrogens with zero attached hydrogens (tertiary/aromatic N) is 3. The highest BCUT2D eigenvalue weighted by molar-refractivity contribution is 7.92. The zero-order chi connectivity index (χ0) is 24.5. The third-order valence-corrected chi connectivity index (χ3v) is 9.60. The van der Waals surface area contributed by atoms with Gasteiger partial charge in [0.25, 0.3) is 5.91 Å². The van der Waals surface area contributed by atoms with Crippen LogP contribution in [0.15, 0.2) is 62.7 Å². The van der Waals surface area contributed by atoms with Gasteiger partial charge in [-0.15, -0.1) is 5.10 Å². The van der Waals surface area contributed by atoms with Gasteiger partial charge < -0.3 is 4.42 Å². The number of sulfone groups is 1. The summed E-state index contributed by atoms with van der Waals surface area (Å²) in [5.74, 6) is -0.436. The summed E-state index contributed by atoms with van der Waals surface area (Å²) >= 11 is 0. The number of nitrogens with one attached hydrogen (secondary N) is 1. The van der Waals surface area contributed by atoms with Gasteiger partial charge in [-0.05, 0) is 75.2 Å². The lowest BCUT2D eigenvalue weighted by atomic mass is 10.2. The Morgan fingerprint density at radius 3 is 2.09 bits per heavy atom. The van der Waals surface area contributed by atoms with E-state index in [2.05, 4.69) is 15.5 Å². The Kier molecular flexibility index (Phi) is 6.56. The second kappa shape index (κ2) is 9.28. The minimum atomic E-state index is -3.56. The molecule has 1 aliphatic rings. The lowest BCUT2D eigenvalue weighted by molar-refractivity contribution is 0.102. The molecule has 0 saturated carbocycles. The third-order valence-electron chi connectivity index (χ3n) is 5.52. The highest BCUT2D eigenvalue weighted by Crippen LogP contribution is 2.24. The molecule has 2 aromatic carbocycles. The average Bonchev–Trinajstić information content (AvgIpc) is 3.52. The van der Waals surface area contributed by atoms with Crippen molar-refractivity contribution < 1.29 is 26.0 Å². The molecule has 1 saturated heterocycles. The lowest BCUT2D eigenvalue weighted by Crippen LogP contribution is -2.27. The van der Waals surface area contributed by atoms with Crippen molar-refractivity contribution in [3.63, 3.8) is 0 Å². The van der Waals surface area contributed by atoms with Crippen molar-refractivity contribution in [2.45, 2.75) is 41.7 Å². The Morgan fingerprint density at radius 1 is 0.912 bits per heavy atom. The maximum absolute atomic E-state index is 12.6. The maximum atomic E-state index is 12.6. The Morgan fingerprint density at radius 2 is 1.50 bits per heavy atom. The van der Waals surface area contributed by atoms with Gasteiger partial charge in [-0.25, -0.2) is 16.8 Å². The second-order valence-electron chi connectivity index (χ2n) is 8.12. The van der Waals surface area contributed by atoms with Gasteiger partial charge in [-0.3, -0.25) is 10.1 Å². The number of rotatable bonds is 7. The van der Waals surface area contributed by atoms with Crippen LogP contribution in [0.2, 0.25) is 0 Å². The zero-order valence-corrected chi connectivity index (χ0v) is 20.3. The van der Waals surface area contributed by atoms with Crippen LogP contribution in [0, 0.1) is 0 Å². The van der Waals surface area contributed by atoms with Gasteiger partial charge in [-0.2, -0.15) is 4.31 Å². The summed E-state index contributed by atoms with van der Waals surface area (Å²) in [6, 6.07) is 11.5. The molecule has 1 fully saturated rings. The molecule has 0 bridgehead atoms. The van der Waals surface area contributed by atoms with E-state index in [4.69, 9.17) is 4.42 Å². The minimum Gasteiger partial charge on any atom is -0.403 e. The molecule has 180 valence electrons. The summed E-state index contributed by atoms with van der Waals surface area (Å²) in [5, 5.41) is 9.62. The topological polar surface area (TPSA) is 140 Å². The van der Waals surface area contributed by atoms with E-state index < -0.39 is 31.0 Å². The number of hydrogen-bond acceptors (Lipinski definition) is 8. The first-order chi connectivity index (χ1) is 16.1. The number of amides is 1. The molecule has 0 atom stereocenters. The normalized spacial score (nSPS) is 15.0. The third kappa shape index (κ3) is 4.74. The fourth-order valence-corrected chi connectivity index (χ4v) is 6.05. The fraction of sp³-hybridized carbons (Fsp3) is 0.318. The van der Waals surface area contributed by atoms with Gasteiger partial charge in [0.05, 0.1) is 15.0 Å². The SMILES string of the molecule is CC(C)S(=O)(=O)c1ccc(-c2nnc(NC(=O)c3ccc(S(=O)(=O)N4CCCC4)cc3)o2)cc1. The summed E-state index contributed by atoms with van der Waals surface area (Å²) in [6.45, 7) is 4.22. The quantitative estimate of drug-likeness (QED) is 0.518. The number of hydrogen-bond donors (Lipinski definition) is 1. The molecule has 1 aliphatic heterocycles. The highest BCUT2D eigenvalue weighted by Gasteiger charge is 2.27. The van der Waals surface area contributed by atoms with Crippen molar-refractivity contribution in [2.75, 3.05) is 18.4 Å². The molecule has 0 unspecified atom stereocenters. The summed E-state index contributed by atoms with van der Waals surface area (Å²) in [7, 11) is -6.96. The zero-order valence-electron chi connectivity index (χ0n) is 18.6. The van der Waals surface area contributed by atoms with Gasteiger partial charge in [-0.1, -0.05) is 5.10 Å². The molecule has 0 radical (unpaired) electrons. The van der Waals surface area contributed by atoms with Crippen molar-refractivity contribution in [3.05, 3.63) is 54.1 Å². The molecule has 10 nitrogen and oxygen atoms in total. The Bertz CT molecular complexity index is 1390. The van der Waals surface area contributed by atoms with Crippen LogP contribution in [-0.4, -0.2) is 55.6 Å². The molecular formula is C22H24N4O6S2. The smallest absolute Gasteiger partial charge is 0.322 e. The molecular weight excluding hydrogens is 480 g/mol. The van der Waals surface area contributed by atoms with Crippen molar-refractivity contribution in [2.24, 2.45) is 0 Å². The van der Waals surface area contributed by atoms with Crippen LogP contribution in [0.5, 0.6) is 0 Å². The number of carbonyl (C=O) groups excluding carboxylic acids is 1. The number of sulfonamides is 1. The van der Waals surface area contributed by atoms with Gasteiger partial charge in [0.15, 0.2) is 9.84 Å². The van der Waals surface area contributed by atoms with Crippen LogP contribution < -0.4 is 5.32 Å². The van der Waals surface area contributed by atoms with Gasteiger partial charge in [0.1, 0.15) is 0 Å². The van der Waals surface area contributed by atoms with Gasteiger partial charge >= 0.3 is 6.01 Å². The number of anilines is 1. The molecule has 0 aliphatic carbocycles. The van der Waals surface area contributed by atoms with Crippen LogP contribution in [0.25, 0.3) is 11.5 Å². The van der Waals surface area contributed by atoms with E-state index in [1.165, 1.54) is 40.7 Å². The van der Waals surface area contributed by atoms with E-state index in [1.807, 2.05) is 0 Å². The fourth-order valence-electron chi connectivity index (χ4n) is 3.47. The van der Waals surface area contributed by atoms with Crippen molar-refractivity contribution in [3.8, 4) is 11.5 Å². The molecule has 34 heavy (non-hydrogen) atoms. The molecule has 0 spiro atoms. The van der Waals surface area contributed by atoms with E-state index >= 15 is 0 Å². The average molecular weight is 505 g/mol. The molecule has 1 amide bonds. The van der Waals surface area contributed by atoms with Crippen LogP contribution in [0.3, 0.4) is 0 Å².